The third kappa shape index (κ3) is 58.8. The average Bonchev–Trinajstić information content (AvgIpc) is 3.39. The van der Waals surface area contributed by atoms with E-state index >= 15 is 0 Å². The topological polar surface area (TPSA) is 78.9 Å². The Morgan fingerprint density at radius 3 is 0.932 bits per heavy atom. The molecule has 0 aliphatic rings. The zero-order valence-electron chi connectivity index (χ0n) is 47.6. The molecule has 0 aromatic heterocycles. The molecule has 0 saturated carbocycles. The maximum atomic E-state index is 12.9. The van der Waals surface area contributed by atoms with E-state index in [0.717, 1.165) is 128 Å². The zero-order valence-corrected chi connectivity index (χ0v) is 47.6. The van der Waals surface area contributed by atoms with Crippen LogP contribution in [-0.4, -0.2) is 37.2 Å². The van der Waals surface area contributed by atoms with Crippen LogP contribution in [0.2, 0.25) is 0 Å². The van der Waals surface area contributed by atoms with Crippen LogP contribution in [-0.2, 0) is 28.6 Å². The van der Waals surface area contributed by atoms with Crippen molar-refractivity contribution < 1.29 is 28.6 Å². The van der Waals surface area contributed by atoms with Crippen LogP contribution in [0, 0.1) is 0 Å². The second-order valence-corrected chi connectivity index (χ2v) is 19.9. The fourth-order valence-corrected chi connectivity index (χ4v) is 8.18. The molecule has 0 aromatic carbocycles. The van der Waals surface area contributed by atoms with Gasteiger partial charge < -0.3 is 14.2 Å². The molecule has 0 rings (SSSR count). The summed E-state index contributed by atoms with van der Waals surface area (Å²) in [5, 5.41) is 0. The maximum Gasteiger partial charge on any atom is 0.306 e. The number of esters is 3. The Bertz CT molecular complexity index is 1490. The molecule has 6 nitrogen and oxygen atoms in total. The zero-order chi connectivity index (χ0) is 52.9. The molecule has 1 atom stereocenters. The van der Waals surface area contributed by atoms with Crippen molar-refractivity contribution in [2.24, 2.45) is 0 Å². The minimum atomic E-state index is -0.806. The summed E-state index contributed by atoms with van der Waals surface area (Å²) < 4.78 is 16.8. The molecule has 0 saturated heterocycles. The van der Waals surface area contributed by atoms with Crippen molar-refractivity contribution >= 4 is 17.9 Å². The molecule has 1 unspecified atom stereocenters. The molecule has 0 aliphatic carbocycles. The highest BCUT2D eigenvalue weighted by Gasteiger charge is 2.19. The smallest absolute Gasteiger partial charge is 0.306 e. The standard InChI is InChI=1S/C67H112O6/c1-4-7-10-13-16-19-22-25-27-29-31-33-35-37-39-42-45-48-51-54-57-60-66(69)72-63-64(62-71-65(68)59-56-53-50-47-44-41-24-21-18-15-12-9-6-3)73-67(70)61-58-55-52-49-46-43-40-38-36-34-32-30-28-26-23-20-17-14-11-8-5-2/h7,10,12,15-16,19,21,24-25,27,30-33,37,39,45,48,64H,4-6,8-9,11,13-14,17-18,20,22-23,26,28-29,34-36,38,40-44,46-47,49-63H2,1-3H3/b10-7-,15-12-,19-16-,24-21-,27-25-,32-30-,33-31-,39-37-,48-45-. The van der Waals surface area contributed by atoms with Gasteiger partial charge in [-0.05, 0) is 122 Å². The summed E-state index contributed by atoms with van der Waals surface area (Å²) in [6.45, 7) is 6.42. The molecule has 0 radical (unpaired) electrons. The van der Waals surface area contributed by atoms with Crippen LogP contribution in [0.15, 0.2) is 109 Å². The average molecular weight is 1010 g/mol. The van der Waals surface area contributed by atoms with E-state index in [1.165, 1.54) is 109 Å². The molecule has 0 aliphatic heterocycles. The molecule has 0 amide bonds. The maximum absolute atomic E-state index is 12.9. The molecular formula is C67H112O6. The molecule has 0 N–H and O–H groups in total. The van der Waals surface area contributed by atoms with E-state index in [-0.39, 0.29) is 31.1 Å². The van der Waals surface area contributed by atoms with Crippen molar-refractivity contribution in [1.29, 1.82) is 0 Å². The second kappa shape index (κ2) is 60.6. The second-order valence-electron chi connectivity index (χ2n) is 19.9. The summed E-state index contributed by atoms with van der Waals surface area (Å²) in [4.78, 5) is 38.2. The monoisotopic (exact) mass is 1010 g/mol. The molecule has 416 valence electrons. The van der Waals surface area contributed by atoms with Gasteiger partial charge in [0, 0.05) is 19.3 Å². The van der Waals surface area contributed by atoms with Crippen molar-refractivity contribution in [2.75, 3.05) is 13.2 Å². The number of allylic oxidation sites excluding steroid dienone is 18. The first-order chi connectivity index (χ1) is 36.0. The Morgan fingerprint density at radius 2 is 0.562 bits per heavy atom. The van der Waals surface area contributed by atoms with E-state index < -0.39 is 6.10 Å². The van der Waals surface area contributed by atoms with Crippen LogP contribution < -0.4 is 0 Å². The van der Waals surface area contributed by atoms with Gasteiger partial charge >= 0.3 is 17.9 Å². The van der Waals surface area contributed by atoms with Gasteiger partial charge in [0.05, 0.1) is 0 Å². The Labute approximate surface area is 450 Å². The number of hydrogen-bond donors (Lipinski definition) is 0. The minimum absolute atomic E-state index is 0.101. The van der Waals surface area contributed by atoms with Crippen molar-refractivity contribution in [3.8, 4) is 0 Å². The number of rotatable bonds is 54. The van der Waals surface area contributed by atoms with Crippen molar-refractivity contribution in [2.45, 2.75) is 284 Å². The number of hydrogen-bond acceptors (Lipinski definition) is 6. The summed E-state index contributed by atoms with van der Waals surface area (Å²) in [6.07, 6.45) is 82.3. The molecule has 0 heterocycles. The highest BCUT2D eigenvalue weighted by molar-refractivity contribution is 5.71. The van der Waals surface area contributed by atoms with Crippen molar-refractivity contribution in [1.82, 2.24) is 0 Å². The van der Waals surface area contributed by atoms with E-state index in [2.05, 4.69) is 130 Å². The minimum Gasteiger partial charge on any atom is -0.462 e. The van der Waals surface area contributed by atoms with Crippen molar-refractivity contribution in [3.05, 3.63) is 109 Å². The summed E-state index contributed by atoms with van der Waals surface area (Å²) in [7, 11) is 0. The first-order valence-electron chi connectivity index (χ1n) is 30.4. The Balaban J connectivity index is 4.45. The highest BCUT2D eigenvalue weighted by Crippen LogP contribution is 2.15. The highest BCUT2D eigenvalue weighted by atomic mass is 16.6. The Kier molecular flexibility index (Phi) is 57.4. The largest absolute Gasteiger partial charge is 0.462 e. The summed E-state index contributed by atoms with van der Waals surface area (Å²) in [5.74, 6) is -0.958. The summed E-state index contributed by atoms with van der Waals surface area (Å²) >= 11 is 0. The lowest BCUT2D eigenvalue weighted by Gasteiger charge is -2.18. The first kappa shape index (κ1) is 69.1. The fraction of sp³-hybridized carbons (Fsp3) is 0.687. The van der Waals surface area contributed by atoms with E-state index in [0.29, 0.717) is 19.3 Å². The lowest BCUT2D eigenvalue weighted by molar-refractivity contribution is -0.167. The summed E-state index contributed by atoms with van der Waals surface area (Å²) in [5.41, 5.74) is 0. The van der Waals surface area contributed by atoms with E-state index in [1.54, 1.807) is 0 Å². The SMILES string of the molecule is CC/C=C\C/C=C\C/C=C\C/C=C\C/C=C\C/C=C\CCCCC(=O)OCC(COC(=O)CCCCCCC/C=C\C/C=C\CCC)OC(=O)CCCCCCCCCCC/C=C\CCCCCCCCCC. The lowest BCUT2D eigenvalue weighted by Crippen LogP contribution is -2.30. The van der Waals surface area contributed by atoms with Crippen LogP contribution in [0.4, 0.5) is 0 Å². The Morgan fingerprint density at radius 1 is 0.288 bits per heavy atom. The normalized spacial score (nSPS) is 12.9. The predicted molar refractivity (Wildman–Crippen MR) is 316 cm³/mol. The predicted octanol–water partition coefficient (Wildman–Crippen LogP) is 20.7. The van der Waals surface area contributed by atoms with Gasteiger partial charge in [0.25, 0.3) is 0 Å². The van der Waals surface area contributed by atoms with Crippen molar-refractivity contribution in [3.63, 3.8) is 0 Å². The first-order valence-corrected chi connectivity index (χ1v) is 30.4. The van der Waals surface area contributed by atoms with Crippen LogP contribution in [0.25, 0.3) is 0 Å². The third-order valence-electron chi connectivity index (χ3n) is 12.7. The van der Waals surface area contributed by atoms with Gasteiger partial charge in [-0.25, -0.2) is 0 Å². The lowest BCUT2D eigenvalue weighted by atomic mass is 10.1. The summed E-state index contributed by atoms with van der Waals surface area (Å²) in [6, 6.07) is 0. The molecule has 0 fully saturated rings. The van der Waals surface area contributed by atoms with Gasteiger partial charge in [-0.3, -0.25) is 14.4 Å². The molecule has 0 bridgehead atoms. The quantitative estimate of drug-likeness (QED) is 0.0261. The van der Waals surface area contributed by atoms with Gasteiger partial charge in [-0.2, -0.15) is 0 Å². The number of unbranched alkanes of at least 4 members (excludes halogenated alkanes) is 25. The molecule has 6 heteroatoms. The third-order valence-corrected chi connectivity index (χ3v) is 12.7. The van der Waals surface area contributed by atoms with Gasteiger partial charge in [-0.1, -0.05) is 246 Å². The Hall–Kier alpha value is -3.93. The molecule has 0 aromatic rings. The number of ether oxygens (including phenoxy) is 3. The number of carbonyl (C=O) groups excluding carboxylic acids is 3. The van der Waals surface area contributed by atoms with Gasteiger partial charge in [0.2, 0.25) is 0 Å². The molecule has 73 heavy (non-hydrogen) atoms. The fourth-order valence-electron chi connectivity index (χ4n) is 8.18. The molecule has 0 spiro atoms. The molecular weight excluding hydrogens is 901 g/mol. The van der Waals surface area contributed by atoms with Crippen LogP contribution in [0.3, 0.4) is 0 Å². The van der Waals surface area contributed by atoms with E-state index in [9.17, 15) is 14.4 Å². The number of carbonyl (C=O) groups is 3. The van der Waals surface area contributed by atoms with E-state index in [4.69, 9.17) is 14.2 Å². The van der Waals surface area contributed by atoms with Crippen LogP contribution >= 0.6 is 0 Å². The van der Waals surface area contributed by atoms with Gasteiger partial charge in [0.1, 0.15) is 13.2 Å². The van der Waals surface area contributed by atoms with Gasteiger partial charge in [-0.15, -0.1) is 0 Å². The van der Waals surface area contributed by atoms with E-state index in [1.807, 2.05) is 0 Å². The van der Waals surface area contributed by atoms with Gasteiger partial charge in [0.15, 0.2) is 6.10 Å². The van der Waals surface area contributed by atoms with Crippen LogP contribution in [0.1, 0.15) is 278 Å². The van der Waals surface area contributed by atoms with Crippen LogP contribution in [0.5, 0.6) is 0 Å².